The summed E-state index contributed by atoms with van der Waals surface area (Å²) in [6, 6.07) is 9.91. The van der Waals surface area contributed by atoms with Crippen LogP contribution in [0.5, 0.6) is 5.75 Å². The van der Waals surface area contributed by atoms with E-state index in [1.807, 2.05) is 6.92 Å². The molecule has 0 aliphatic carbocycles. The third-order valence-electron chi connectivity index (χ3n) is 3.87. The van der Waals surface area contributed by atoms with Crippen molar-refractivity contribution in [3.63, 3.8) is 0 Å². The van der Waals surface area contributed by atoms with E-state index >= 15 is 0 Å². The first-order valence-corrected chi connectivity index (χ1v) is 10.1. The van der Waals surface area contributed by atoms with Crippen molar-refractivity contribution < 1.29 is 22.3 Å². The largest absolute Gasteiger partial charge is 0.494 e. The number of amides is 1. The molecule has 2 rings (SSSR count). The number of rotatable bonds is 8. The maximum atomic E-state index is 14.1. The fraction of sp³-hybridized carbons (Fsp3) is 0.316. The number of sulfonamides is 1. The second-order valence-electron chi connectivity index (χ2n) is 5.84. The van der Waals surface area contributed by atoms with Crippen molar-refractivity contribution in [2.75, 3.05) is 13.2 Å². The Kier molecular flexibility index (Phi) is 6.92. The van der Waals surface area contributed by atoms with Crippen LogP contribution in [0.25, 0.3) is 0 Å². The molecule has 0 bridgehead atoms. The smallest absolute Gasteiger partial charge is 0.254 e. The molecule has 1 amide bonds. The standard InChI is InChI=1S/C19H23FN2O4S/c1-4-21-27(24,25)16-10-11-18(20)17(12-16)19(23)22-13(3)14-6-8-15(9-7-14)26-5-2/h6-13,21H,4-5H2,1-3H3,(H,22,23). The molecule has 2 N–H and O–H groups in total. The topological polar surface area (TPSA) is 84.5 Å². The maximum Gasteiger partial charge on any atom is 0.254 e. The number of hydrogen-bond donors (Lipinski definition) is 2. The van der Waals surface area contributed by atoms with Crippen LogP contribution >= 0.6 is 0 Å². The van der Waals surface area contributed by atoms with Crippen molar-refractivity contribution in [3.05, 3.63) is 59.4 Å². The molecule has 0 fully saturated rings. The van der Waals surface area contributed by atoms with Gasteiger partial charge in [0.2, 0.25) is 10.0 Å². The van der Waals surface area contributed by atoms with E-state index in [-0.39, 0.29) is 17.0 Å². The van der Waals surface area contributed by atoms with Crippen molar-refractivity contribution in [1.82, 2.24) is 10.0 Å². The molecule has 2 aromatic rings. The lowest BCUT2D eigenvalue weighted by atomic mass is 10.1. The molecule has 0 radical (unpaired) electrons. The lowest BCUT2D eigenvalue weighted by Gasteiger charge is -2.16. The number of halogens is 1. The van der Waals surface area contributed by atoms with E-state index in [4.69, 9.17) is 4.74 Å². The highest BCUT2D eigenvalue weighted by Gasteiger charge is 2.20. The molecule has 0 saturated carbocycles. The van der Waals surface area contributed by atoms with Crippen molar-refractivity contribution >= 4 is 15.9 Å². The second kappa shape index (κ2) is 8.96. The Bertz CT molecular complexity index is 898. The molecule has 27 heavy (non-hydrogen) atoms. The zero-order valence-electron chi connectivity index (χ0n) is 15.5. The number of ether oxygens (including phenoxy) is 1. The van der Waals surface area contributed by atoms with E-state index in [1.54, 1.807) is 38.1 Å². The highest BCUT2D eigenvalue weighted by Crippen LogP contribution is 2.20. The molecular weight excluding hydrogens is 371 g/mol. The predicted molar refractivity (Wildman–Crippen MR) is 101 cm³/mol. The minimum atomic E-state index is -3.78. The van der Waals surface area contributed by atoms with Gasteiger partial charge in [-0.2, -0.15) is 0 Å². The van der Waals surface area contributed by atoms with Crippen LogP contribution < -0.4 is 14.8 Å². The lowest BCUT2D eigenvalue weighted by molar-refractivity contribution is 0.0935. The normalized spacial score (nSPS) is 12.4. The van der Waals surface area contributed by atoms with Gasteiger partial charge < -0.3 is 10.1 Å². The molecule has 0 aliphatic heterocycles. The van der Waals surface area contributed by atoms with Crippen molar-refractivity contribution in [2.24, 2.45) is 0 Å². The molecule has 6 nitrogen and oxygen atoms in total. The van der Waals surface area contributed by atoms with Crippen molar-refractivity contribution in [2.45, 2.75) is 31.7 Å². The van der Waals surface area contributed by atoms with Crippen LogP contribution in [-0.4, -0.2) is 27.5 Å². The summed E-state index contributed by atoms with van der Waals surface area (Å²) in [7, 11) is -3.78. The predicted octanol–water partition coefficient (Wildman–Crippen LogP) is 3.01. The first kappa shape index (κ1) is 20.9. The maximum absolute atomic E-state index is 14.1. The van der Waals surface area contributed by atoms with Crippen LogP contribution in [0.2, 0.25) is 0 Å². The van der Waals surface area contributed by atoms with E-state index in [0.29, 0.717) is 12.4 Å². The molecule has 0 spiro atoms. The van der Waals surface area contributed by atoms with Gasteiger partial charge in [-0.25, -0.2) is 17.5 Å². The third kappa shape index (κ3) is 5.27. The Labute approximate surface area is 158 Å². The van der Waals surface area contributed by atoms with Gasteiger partial charge in [-0.3, -0.25) is 4.79 Å². The molecule has 0 aliphatic rings. The zero-order valence-corrected chi connectivity index (χ0v) is 16.3. The minimum absolute atomic E-state index is 0.162. The van der Waals surface area contributed by atoms with E-state index in [9.17, 15) is 17.6 Å². The van der Waals surface area contributed by atoms with Crippen molar-refractivity contribution in [1.29, 1.82) is 0 Å². The Hall–Kier alpha value is -2.45. The van der Waals surface area contributed by atoms with Gasteiger partial charge in [0, 0.05) is 6.54 Å². The van der Waals surface area contributed by atoms with Crippen LogP contribution in [0.1, 0.15) is 42.7 Å². The fourth-order valence-corrected chi connectivity index (χ4v) is 3.56. The van der Waals surface area contributed by atoms with Crippen molar-refractivity contribution in [3.8, 4) is 5.75 Å². The third-order valence-corrected chi connectivity index (χ3v) is 5.41. The van der Waals surface area contributed by atoms with Crippen LogP contribution in [-0.2, 0) is 10.0 Å². The van der Waals surface area contributed by atoms with E-state index in [2.05, 4.69) is 10.0 Å². The van der Waals surface area contributed by atoms with Gasteiger partial charge in [0.25, 0.3) is 5.91 Å². The van der Waals surface area contributed by atoms with Crippen LogP contribution in [0, 0.1) is 5.82 Å². The molecule has 146 valence electrons. The summed E-state index contributed by atoms with van der Waals surface area (Å²) >= 11 is 0. The molecule has 1 atom stereocenters. The number of benzene rings is 2. The van der Waals surface area contributed by atoms with E-state index in [1.165, 1.54) is 0 Å². The van der Waals surface area contributed by atoms with Gasteiger partial charge in [-0.05, 0) is 49.7 Å². The Morgan fingerprint density at radius 1 is 1.15 bits per heavy atom. The minimum Gasteiger partial charge on any atom is -0.494 e. The van der Waals surface area contributed by atoms with Crippen LogP contribution in [0.4, 0.5) is 4.39 Å². The first-order chi connectivity index (χ1) is 12.8. The van der Waals surface area contributed by atoms with Gasteiger partial charge in [0.1, 0.15) is 11.6 Å². The van der Waals surface area contributed by atoms with Gasteiger partial charge in [0.05, 0.1) is 23.1 Å². The van der Waals surface area contributed by atoms with Gasteiger partial charge in [0.15, 0.2) is 0 Å². The monoisotopic (exact) mass is 394 g/mol. The number of hydrogen-bond acceptors (Lipinski definition) is 4. The Morgan fingerprint density at radius 2 is 1.81 bits per heavy atom. The van der Waals surface area contributed by atoms with Crippen LogP contribution in [0.15, 0.2) is 47.4 Å². The number of carbonyl (C=O) groups excluding carboxylic acids is 1. The summed E-state index contributed by atoms with van der Waals surface area (Å²) in [6.07, 6.45) is 0. The van der Waals surface area contributed by atoms with Gasteiger partial charge in [-0.1, -0.05) is 19.1 Å². The molecule has 0 heterocycles. The molecule has 0 aromatic heterocycles. The van der Waals surface area contributed by atoms with Gasteiger partial charge >= 0.3 is 0 Å². The average Bonchev–Trinajstić information content (AvgIpc) is 2.62. The van der Waals surface area contributed by atoms with Gasteiger partial charge in [-0.15, -0.1) is 0 Å². The lowest BCUT2D eigenvalue weighted by Crippen LogP contribution is -2.28. The summed E-state index contributed by atoms with van der Waals surface area (Å²) < 4.78 is 45.9. The Balaban J connectivity index is 2.19. The summed E-state index contributed by atoms with van der Waals surface area (Å²) in [4.78, 5) is 12.3. The quantitative estimate of drug-likeness (QED) is 0.721. The molecule has 0 saturated heterocycles. The molecule has 8 heteroatoms. The highest BCUT2D eigenvalue weighted by atomic mass is 32.2. The fourth-order valence-electron chi connectivity index (χ4n) is 2.50. The van der Waals surface area contributed by atoms with Crippen LogP contribution in [0.3, 0.4) is 0 Å². The summed E-state index contributed by atoms with van der Waals surface area (Å²) in [5.41, 5.74) is 0.482. The number of nitrogens with one attached hydrogen (secondary N) is 2. The zero-order chi connectivity index (χ0) is 20.0. The number of carbonyl (C=O) groups is 1. The SMILES string of the molecule is CCNS(=O)(=O)c1ccc(F)c(C(=O)NC(C)c2ccc(OCC)cc2)c1. The highest BCUT2D eigenvalue weighted by molar-refractivity contribution is 7.89. The van der Waals surface area contributed by atoms with E-state index in [0.717, 1.165) is 23.8 Å². The summed E-state index contributed by atoms with van der Waals surface area (Å²) in [5.74, 6) is -0.767. The molecular formula is C19H23FN2O4S. The Morgan fingerprint density at radius 3 is 2.41 bits per heavy atom. The average molecular weight is 394 g/mol. The second-order valence-corrected chi connectivity index (χ2v) is 7.61. The summed E-state index contributed by atoms with van der Waals surface area (Å²) in [6.45, 7) is 6.01. The van der Waals surface area contributed by atoms with E-state index < -0.39 is 27.8 Å². The molecule has 2 aromatic carbocycles. The summed E-state index contributed by atoms with van der Waals surface area (Å²) in [5, 5.41) is 2.68. The first-order valence-electron chi connectivity index (χ1n) is 8.61. The molecule has 1 unspecified atom stereocenters.